The summed E-state index contributed by atoms with van der Waals surface area (Å²) in [4.78, 5) is 13.2. The minimum absolute atomic E-state index is 0.248. The zero-order valence-corrected chi connectivity index (χ0v) is 43.0. The van der Waals surface area contributed by atoms with Crippen LogP contribution in [0.4, 0.5) is 0 Å². The molecule has 0 aliphatic carbocycles. The fourth-order valence-corrected chi connectivity index (χ4v) is 9.27. The average Bonchev–Trinajstić information content (AvgIpc) is 3.36. The van der Waals surface area contributed by atoms with E-state index in [1.165, 1.54) is 109 Å². The summed E-state index contributed by atoms with van der Waals surface area (Å²) in [6.45, 7) is 2.18. The van der Waals surface area contributed by atoms with Crippen molar-refractivity contribution in [3.05, 3.63) is 12.2 Å². The Balaban J connectivity index is 1.53. The maximum Gasteiger partial charge on any atom is 0.220 e. The van der Waals surface area contributed by atoms with Crippen molar-refractivity contribution in [3.63, 3.8) is 0 Å². The summed E-state index contributed by atoms with van der Waals surface area (Å²) in [6.07, 6.45) is 7.04. The fourth-order valence-electron chi connectivity index (χ4n) is 9.27. The quantitative estimate of drug-likeness (QED) is 0.0311. The number of aliphatic hydroxyl groups excluding tert-OH is 11. The van der Waals surface area contributed by atoms with Gasteiger partial charge >= 0.3 is 0 Å². The van der Waals surface area contributed by atoms with Gasteiger partial charge in [0.25, 0.3) is 0 Å². The van der Waals surface area contributed by atoms with E-state index >= 15 is 0 Å². The molecule has 1 amide bonds. The second kappa shape index (κ2) is 37.3. The van der Waals surface area contributed by atoms with E-state index in [0.29, 0.717) is 6.42 Å². The van der Waals surface area contributed by atoms with Gasteiger partial charge in [-0.15, -0.1) is 0 Å². The lowest BCUT2D eigenvalue weighted by molar-refractivity contribution is -0.342. The van der Waals surface area contributed by atoms with Crippen LogP contribution in [0.3, 0.4) is 0 Å². The van der Waals surface area contributed by atoms with Crippen molar-refractivity contribution in [1.82, 2.24) is 5.32 Å². The minimum Gasteiger partial charge on any atom is -0.394 e. The lowest BCUT2D eigenvalue weighted by atomic mass is 9.98. The molecule has 19 nitrogen and oxygen atoms in total. The number of aliphatic hydroxyl groups is 11. The van der Waals surface area contributed by atoms with Crippen molar-refractivity contribution in [3.8, 4) is 0 Å². The summed E-state index contributed by atoms with van der Waals surface area (Å²) in [6, 6.07) is -0.964. The van der Waals surface area contributed by atoms with Crippen LogP contribution in [0.5, 0.6) is 0 Å². The van der Waals surface area contributed by atoms with Crippen molar-refractivity contribution in [2.75, 3.05) is 26.4 Å². The summed E-state index contributed by atoms with van der Waals surface area (Å²) in [5, 5.41) is 119. The van der Waals surface area contributed by atoms with Gasteiger partial charge in [0.1, 0.15) is 73.2 Å². The van der Waals surface area contributed by atoms with Crippen LogP contribution in [0.1, 0.15) is 181 Å². The normalized spacial score (nSPS) is 32.3. The summed E-state index contributed by atoms with van der Waals surface area (Å²) in [5.74, 6) is -0.276. The van der Waals surface area contributed by atoms with Crippen LogP contribution in [0.25, 0.3) is 0 Å². The van der Waals surface area contributed by atoms with Gasteiger partial charge in [0.15, 0.2) is 18.9 Å². The molecule has 0 spiro atoms. The molecule has 0 unspecified atom stereocenters. The Morgan fingerprint density at radius 1 is 0.479 bits per heavy atom. The highest BCUT2D eigenvalue weighted by atomic mass is 16.7. The smallest absolute Gasteiger partial charge is 0.220 e. The molecule has 0 radical (unpaired) electrons. The van der Waals surface area contributed by atoms with Crippen LogP contribution in [0.2, 0.25) is 0 Å². The van der Waals surface area contributed by atoms with Gasteiger partial charge in [0.05, 0.1) is 38.6 Å². The first-order valence-electron chi connectivity index (χ1n) is 27.4. The van der Waals surface area contributed by atoms with Gasteiger partial charge in [0.2, 0.25) is 5.91 Å². The molecule has 0 aromatic carbocycles. The van der Waals surface area contributed by atoms with Gasteiger partial charge in [-0.3, -0.25) is 4.79 Å². The molecule has 3 rings (SSSR count). The van der Waals surface area contributed by atoms with Crippen molar-refractivity contribution < 1.29 is 89.4 Å². The van der Waals surface area contributed by atoms with E-state index in [4.69, 9.17) is 28.4 Å². The lowest BCUT2D eigenvalue weighted by Gasteiger charge is -2.44. The van der Waals surface area contributed by atoms with E-state index in [2.05, 4.69) is 19.2 Å². The van der Waals surface area contributed by atoms with Crippen molar-refractivity contribution in [2.45, 2.75) is 285 Å². The number of hydrogen-bond acceptors (Lipinski definition) is 18. The van der Waals surface area contributed by atoms with Gasteiger partial charge in [0, 0.05) is 6.42 Å². The van der Waals surface area contributed by atoms with Crippen LogP contribution in [-0.2, 0) is 33.2 Å². The summed E-state index contributed by atoms with van der Waals surface area (Å²) in [7, 11) is 0. The highest BCUT2D eigenvalue weighted by molar-refractivity contribution is 5.76. The van der Waals surface area contributed by atoms with Crippen molar-refractivity contribution >= 4 is 5.91 Å². The van der Waals surface area contributed by atoms with E-state index < -0.39 is 124 Å². The van der Waals surface area contributed by atoms with Gasteiger partial charge in [-0.05, 0) is 19.3 Å². The number of carbonyl (C=O) groups excluding carboxylic acids is 1. The molecule has 3 heterocycles. The monoisotopic (exact) mass is 1020 g/mol. The van der Waals surface area contributed by atoms with E-state index in [-0.39, 0.29) is 18.9 Å². The topological polar surface area (TPSA) is 307 Å². The number of rotatable bonds is 39. The first kappa shape index (κ1) is 63.8. The third kappa shape index (κ3) is 23.5. The minimum atomic E-state index is -1.85. The van der Waals surface area contributed by atoms with E-state index in [9.17, 15) is 61.0 Å². The molecule has 0 aromatic rings. The number of hydrogen-bond donors (Lipinski definition) is 12. The molecule has 3 saturated heterocycles. The predicted octanol–water partition coefficient (Wildman–Crippen LogP) is 3.04. The molecule has 418 valence electrons. The fraction of sp³-hybridized carbons (Fsp3) is 0.942. The zero-order valence-electron chi connectivity index (χ0n) is 43.0. The first-order valence-corrected chi connectivity index (χ1v) is 27.4. The lowest BCUT2D eigenvalue weighted by Crippen LogP contribution is -2.63. The van der Waals surface area contributed by atoms with Crippen LogP contribution in [0.15, 0.2) is 12.2 Å². The zero-order chi connectivity index (χ0) is 52.0. The standard InChI is InChI=1S/C52H97NO18/c1-3-5-7-9-11-13-15-17-19-21-23-25-27-29-36(55)35(53-40(56)30-28-26-24-22-20-18-16-14-12-10-8-6-4-2)32-66-50-48(64)45(61)42(58)38(70-50)34-68-52-49(65)46(62)43(59)39(71-52)33-67-51-47(63)44(60)41(57)37(31-54)69-51/h27,29,35-39,41-52,54-55,57-65H,3-26,28,30-34H2,1-2H3,(H,53,56)/b29-27+/t35-,36+,37+,38+,39+,41-,42-,43-,44-,45-,46-,47+,48+,49+,50+,51-,52-/m0/s1. The van der Waals surface area contributed by atoms with Crippen LogP contribution >= 0.6 is 0 Å². The third-order valence-electron chi connectivity index (χ3n) is 14.0. The van der Waals surface area contributed by atoms with Gasteiger partial charge < -0.3 is 89.9 Å². The molecule has 3 aliphatic heterocycles. The molecule has 71 heavy (non-hydrogen) atoms. The van der Waals surface area contributed by atoms with E-state index in [1.54, 1.807) is 6.08 Å². The molecular weight excluding hydrogens is 927 g/mol. The Hall–Kier alpha value is -1.47. The van der Waals surface area contributed by atoms with E-state index in [1.807, 2.05) is 6.08 Å². The summed E-state index contributed by atoms with van der Waals surface area (Å²) < 4.78 is 33.8. The third-order valence-corrected chi connectivity index (χ3v) is 14.0. The average molecular weight is 1020 g/mol. The SMILES string of the molecule is CCCCCCCCCCCCC/C=C/[C@@H](O)[C@H](CO[C@@H]1O[C@H](CO[C@H]2O[C@H](CO[C@H]3O[C@H](CO)[C@H](O)[C@H](O)[C@H]3O)[C@H](O)[C@H](O)[C@H]2O)[C@H](O)[C@H](O)[C@H]1O)NC(=O)CCCCCCCCCCCCCCC. The Bertz CT molecular complexity index is 1370. The Morgan fingerprint density at radius 3 is 1.24 bits per heavy atom. The van der Waals surface area contributed by atoms with Crippen molar-refractivity contribution in [1.29, 1.82) is 0 Å². The largest absolute Gasteiger partial charge is 0.394 e. The second-order valence-electron chi connectivity index (χ2n) is 20.1. The molecule has 3 aliphatic rings. The van der Waals surface area contributed by atoms with Crippen molar-refractivity contribution in [2.24, 2.45) is 0 Å². The van der Waals surface area contributed by atoms with Gasteiger partial charge in [-0.25, -0.2) is 0 Å². The Kier molecular flexibility index (Phi) is 33.5. The summed E-state index contributed by atoms with van der Waals surface area (Å²) in [5.41, 5.74) is 0. The number of allylic oxidation sites excluding steroid dienone is 1. The van der Waals surface area contributed by atoms with E-state index in [0.717, 1.165) is 44.9 Å². The van der Waals surface area contributed by atoms with Gasteiger partial charge in [-0.2, -0.15) is 0 Å². The number of ether oxygens (including phenoxy) is 6. The maximum atomic E-state index is 13.2. The molecule has 0 saturated carbocycles. The molecule has 17 atom stereocenters. The number of carbonyl (C=O) groups is 1. The molecule has 0 aromatic heterocycles. The van der Waals surface area contributed by atoms with Gasteiger partial charge in [-0.1, -0.05) is 167 Å². The first-order chi connectivity index (χ1) is 34.2. The predicted molar refractivity (Wildman–Crippen MR) is 263 cm³/mol. The molecule has 19 heteroatoms. The maximum absolute atomic E-state index is 13.2. The molecule has 0 bridgehead atoms. The Morgan fingerprint density at radius 2 is 0.831 bits per heavy atom. The second-order valence-corrected chi connectivity index (χ2v) is 20.1. The van der Waals surface area contributed by atoms with Crippen LogP contribution < -0.4 is 5.32 Å². The molecule has 3 fully saturated rings. The highest BCUT2D eigenvalue weighted by Gasteiger charge is 2.49. The molecular formula is C52H97NO18. The molecule has 12 N–H and O–H groups in total. The highest BCUT2D eigenvalue weighted by Crippen LogP contribution is 2.28. The number of amides is 1. The van der Waals surface area contributed by atoms with Crippen LogP contribution in [0, 0.1) is 0 Å². The summed E-state index contributed by atoms with van der Waals surface area (Å²) >= 11 is 0. The number of nitrogens with one attached hydrogen (secondary N) is 1. The number of unbranched alkanes of at least 4 members (excludes halogenated alkanes) is 23. The Labute approximate surface area is 423 Å². The van der Waals surface area contributed by atoms with Crippen LogP contribution in [-0.4, -0.2) is 193 Å².